The first-order valence-electron chi connectivity index (χ1n) is 20.0. The molecule has 0 spiro atoms. The van der Waals surface area contributed by atoms with Crippen molar-refractivity contribution in [2.45, 2.75) is 13.8 Å². The Hall–Kier alpha value is -6.80. The molecule has 4 aromatic heterocycles. The third-order valence-corrected chi connectivity index (χ3v) is 14.3. The zero-order valence-electron chi connectivity index (χ0n) is 32.2. The summed E-state index contributed by atoms with van der Waals surface area (Å²) in [6.07, 6.45) is 0. The average Bonchev–Trinajstić information content (AvgIpc) is 4.05. The molecule has 6 heterocycles. The van der Waals surface area contributed by atoms with Gasteiger partial charge in [0.15, 0.2) is 0 Å². The van der Waals surface area contributed by atoms with Crippen LogP contribution in [0.2, 0.25) is 0 Å². The molecule has 2 aliphatic rings. The fourth-order valence-corrected chi connectivity index (χ4v) is 11.8. The van der Waals surface area contributed by atoms with Crippen LogP contribution in [0.4, 0.5) is 34.3 Å². The Balaban J connectivity index is 1.18. The summed E-state index contributed by atoms with van der Waals surface area (Å²) in [6, 6.07) is 59.4. The van der Waals surface area contributed by atoms with Crippen LogP contribution in [-0.4, -0.2) is 6.71 Å². The van der Waals surface area contributed by atoms with E-state index in [1.54, 1.807) is 0 Å². The summed E-state index contributed by atoms with van der Waals surface area (Å²) in [7, 11) is 0. The number of hydrogen-bond donors (Lipinski definition) is 0. The SMILES string of the molecule is Cc1cc2c(-c3ccccc3)c(N3c4cccc5c4B(c4oc6ccccc6c4N5c4ccc5sc(C)cc5c4-c4ccccc4)c4c3oc3ccccc43)ccc2s1. The van der Waals surface area contributed by atoms with Crippen molar-refractivity contribution in [2.24, 2.45) is 0 Å². The largest absolute Gasteiger partial charge is 0.468 e. The minimum absolute atomic E-state index is 0.227. The Bertz CT molecular complexity index is 3510. The Morgan fingerprint density at radius 2 is 0.966 bits per heavy atom. The molecule has 0 atom stereocenters. The molecule has 4 nitrogen and oxygen atoms in total. The molecule has 59 heavy (non-hydrogen) atoms. The number of thiophene rings is 2. The predicted octanol–water partition coefficient (Wildman–Crippen LogP) is 13.6. The molecule has 0 saturated carbocycles. The first kappa shape index (κ1) is 33.2. The van der Waals surface area contributed by atoms with Gasteiger partial charge in [0.1, 0.15) is 11.2 Å². The van der Waals surface area contributed by atoms with Gasteiger partial charge in [-0.3, -0.25) is 4.90 Å². The predicted molar refractivity (Wildman–Crippen MR) is 251 cm³/mol. The van der Waals surface area contributed by atoms with Gasteiger partial charge in [0.05, 0.1) is 22.7 Å². The van der Waals surface area contributed by atoms with Crippen molar-refractivity contribution in [1.82, 2.24) is 0 Å². The summed E-state index contributed by atoms with van der Waals surface area (Å²) in [5, 5.41) is 4.68. The molecular weight excluding hydrogens is 760 g/mol. The summed E-state index contributed by atoms with van der Waals surface area (Å²) in [5.74, 6) is 0.823. The number of hydrogen-bond acceptors (Lipinski definition) is 6. The van der Waals surface area contributed by atoms with E-state index in [9.17, 15) is 0 Å². The van der Waals surface area contributed by atoms with E-state index in [0.29, 0.717) is 0 Å². The van der Waals surface area contributed by atoms with E-state index in [0.717, 1.165) is 67.4 Å². The Morgan fingerprint density at radius 1 is 0.441 bits per heavy atom. The van der Waals surface area contributed by atoms with Gasteiger partial charge in [-0.1, -0.05) is 97.1 Å². The molecule has 0 bridgehead atoms. The van der Waals surface area contributed by atoms with Gasteiger partial charge in [-0.05, 0) is 97.2 Å². The summed E-state index contributed by atoms with van der Waals surface area (Å²) in [4.78, 5) is 7.48. The van der Waals surface area contributed by atoms with Crippen LogP contribution < -0.4 is 26.4 Å². The van der Waals surface area contributed by atoms with Gasteiger partial charge < -0.3 is 13.7 Å². The van der Waals surface area contributed by atoms with Gasteiger partial charge in [-0.15, -0.1) is 22.7 Å². The van der Waals surface area contributed by atoms with E-state index in [2.05, 4.69) is 187 Å². The maximum absolute atomic E-state index is 7.20. The normalized spacial score (nSPS) is 13.2. The number of aryl methyl sites for hydroxylation is 2. The van der Waals surface area contributed by atoms with Gasteiger partial charge in [0.25, 0.3) is 0 Å². The molecule has 0 saturated heterocycles. The monoisotopic (exact) mass is 792 g/mol. The van der Waals surface area contributed by atoms with Crippen molar-refractivity contribution < 1.29 is 8.83 Å². The number of benzene rings is 7. The van der Waals surface area contributed by atoms with Crippen molar-refractivity contribution in [3.63, 3.8) is 0 Å². The molecule has 0 fully saturated rings. The fourth-order valence-electron chi connectivity index (χ4n) is 9.97. The smallest absolute Gasteiger partial charge is 0.302 e. The van der Waals surface area contributed by atoms with E-state index in [-0.39, 0.29) is 6.71 Å². The topological polar surface area (TPSA) is 32.8 Å². The molecule has 2 aliphatic heterocycles. The molecule has 11 aromatic rings. The molecule has 0 radical (unpaired) electrons. The molecular formula is C52H33BN2O2S2. The molecule has 0 amide bonds. The lowest BCUT2D eigenvalue weighted by Crippen LogP contribution is -2.60. The number of para-hydroxylation sites is 2. The van der Waals surface area contributed by atoms with Crippen molar-refractivity contribution in [3.8, 4) is 22.3 Å². The highest BCUT2D eigenvalue weighted by Crippen LogP contribution is 2.53. The minimum atomic E-state index is -0.227. The highest BCUT2D eigenvalue weighted by Gasteiger charge is 2.49. The molecule has 7 heteroatoms. The highest BCUT2D eigenvalue weighted by atomic mass is 32.1. The van der Waals surface area contributed by atoms with Gasteiger partial charge in [-0.2, -0.15) is 0 Å². The standard InChI is InChI=1S/C52H33BN2O2S2/c1-30-28-36-44(58-30)26-24-38(46(36)32-14-5-3-6-15-32)54-40-20-13-21-41-49(40)53(51-50(54)35-19-10-12-23-43(35)56-51)48-34-18-9-11-22-42(34)57-52(48)55(41)39-25-27-45-37(29-31(2)59-45)47(39)33-16-7-4-8-17-33/h3-29H,1-2H3. The molecule has 13 rings (SSSR count). The van der Waals surface area contributed by atoms with Crippen LogP contribution in [0.3, 0.4) is 0 Å². The average molecular weight is 793 g/mol. The Labute approximate surface area is 348 Å². The van der Waals surface area contributed by atoms with Crippen LogP contribution in [0.25, 0.3) is 64.4 Å². The summed E-state index contributed by atoms with van der Waals surface area (Å²) >= 11 is 3.69. The lowest BCUT2D eigenvalue weighted by Gasteiger charge is -2.41. The van der Waals surface area contributed by atoms with Crippen molar-refractivity contribution in [1.29, 1.82) is 0 Å². The quantitative estimate of drug-likeness (QED) is 0.166. The van der Waals surface area contributed by atoms with Crippen LogP contribution in [0.1, 0.15) is 9.75 Å². The number of rotatable bonds is 4. The van der Waals surface area contributed by atoms with Gasteiger partial charge in [0.2, 0.25) is 5.88 Å². The van der Waals surface area contributed by atoms with Gasteiger partial charge in [-0.25, -0.2) is 0 Å². The van der Waals surface area contributed by atoms with E-state index in [4.69, 9.17) is 8.83 Å². The van der Waals surface area contributed by atoms with Crippen molar-refractivity contribution in [2.75, 3.05) is 9.80 Å². The second-order valence-electron chi connectivity index (χ2n) is 15.6. The minimum Gasteiger partial charge on any atom is -0.468 e. The van der Waals surface area contributed by atoms with Crippen LogP contribution in [0.5, 0.6) is 0 Å². The first-order valence-corrected chi connectivity index (χ1v) is 21.7. The van der Waals surface area contributed by atoms with E-state index >= 15 is 0 Å². The van der Waals surface area contributed by atoms with Gasteiger partial charge >= 0.3 is 6.71 Å². The third kappa shape index (κ3) is 4.65. The molecule has 0 aliphatic carbocycles. The van der Waals surface area contributed by atoms with Crippen LogP contribution in [0.15, 0.2) is 173 Å². The van der Waals surface area contributed by atoms with Crippen LogP contribution in [-0.2, 0) is 0 Å². The molecule has 0 N–H and O–H groups in total. The first-order chi connectivity index (χ1) is 29.1. The summed E-state index contributed by atoms with van der Waals surface area (Å²) in [5.41, 5.74) is 15.2. The summed E-state index contributed by atoms with van der Waals surface area (Å²) in [6.45, 7) is 4.18. The lowest BCUT2D eigenvalue weighted by atomic mass is 9.35. The van der Waals surface area contributed by atoms with E-state index in [1.165, 1.54) is 57.6 Å². The second-order valence-corrected chi connectivity index (χ2v) is 18.2. The zero-order chi connectivity index (χ0) is 38.9. The van der Waals surface area contributed by atoms with Crippen molar-refractivity contribution in [3.05, 3.63) is 174 Å². The number of furan rings is 2. The fraction of sp³-hybridized carbons (Fsp3) is 0.0385. The molecule has 7 aromatic carbocycles. The highest BCUT2D eigenvalue weighted by molar-refractivity contribution is 7.19. The maximum atomic E-state index is 7.20. The number of anilines is 6. The number of nitrogens with zero attached hydrogens (tertiary/aromatic N) is 2. The lowest BCUT2D eigenvalue weighted by molar-refractivity contribution is 0.622. The van der Waals surface area contributed by atoms with Gasteiger partial charge in [0, 0.05) is 68.7 Å². The Kier molecular flexibility index (Phi) is 6.95. The van der Waals surface area contributed by atoms with Crippen LogP contribution >= 0.6 is 22.7 Å². The Morgan fingerprint density at radius 3 is 1.59 bits per heavy atom. The zero-order valence-corrected chi connectivity index (χ0v) is 33.8. The third-order valence-electron chi connectivity index (χ3n) is 12.2. The van der Waals surface area contributed by atoms with E-state index < -0.39 is 0 Å². The molecule has 278 valence electrons. The summed E-state index contributed by atoms with van der Waals surface area (Å²) < 4.78 is 16.9. The van der Waals surface area contributed by atoms with E-state index in [1.807, 2.05) is 22.7 Å². The maximum Gasteiger partial charge on any atom is 0.302 e. The molecule has 0 unspecified atom stereocenters. The second kappa shape index (κ2) is 12.4. The van der Waals surface area contributed by atoms with Crippen LogP contribution in [0, 0.1) is 13.8 Å². The van der Waals surface area contributed by atoms with Crippen molar-refractivity contribution >= 4 is 122 Å². The number of fused-ring (bicyclic) bond motifs is 10.